The molecule has 1 aliphatic carbocycles. The summed E-state index contributed by atoms with van der Waals surface area (Å²) in [4.78, 5) is 38.9. The lowest BCUT2D eigenvalue weighted by Crippen LogP contribution is -2.49. The third kappa shape index (κ3) is 5.01. The zero-order valence-electron chi connectivity index (χ0n) is 18.4. The van der Waals surface area contributed by atoms with Gasteiger partial charge >= 0.3 is 6.09 Å². The maximum Gasteiger partial charge on any atom is 0.413 e. The molecule has 0 aromatic carbocycles. The van der Waals surface area contributed by atoms with Gasteiger partial charge in [0, 0.05) is 11.4 Å². The third-order valence-corrected chi connectivity index (χ3v) is 10.7. The lowest BCUT2D eigenvalue weighted by molar-refractivity contribution is -0.120. The number of anilines is 1. The number of piperidine rings is 1. The Labute approximate surface area is 210 Å². The Morgan fingerprint density at radius 1 is 1.12 bits per heavy atom. The summed E-state index contributed by atoms with van der Waals surface area (Å²) in [6.07, 6.45) is 4.11. The van der Waals surface area contributed by atoms with E-state index in [0.717, 1.165) is 48.1 Å². The lowest BCUT2D eigenvalue weighted by Gasteiger charge is -2.33. The molecule has 9 nitrogen and oxygen atoms in total. The zero-order chi connectivity index (χ0) is 24.5. The number of hydrogen-bond acceptors (Lipinski definition) is 8. The summed E-state index contributed by atoms with van der Waals surface area (Å²) in [6, 6.07) is 2.03. The number of fused-ring (bicyclic) bond motifs is 1. The number of carbonyl (C=O) groups is 3. The molecular weight excluding hydrogens is 522 g/mol. The number of thiophene rings is 2. The molecule has 34 heavy (non-hydrogen) atoms. The molecule has 0 spiro atoms. The molecule has 3 amide bonds. The highest BCUT2D eigenvalue weighted by Gasteiger charge is 2.39. The van der Waals surface area contributed by atoms with E-state index in [1.165, 1.54) is 27.8 Å². The molecule has 2 aromatic heterocycles. The number of carbonyl (C=O) groups excluding carboxylic acids is 3. The molecule has 1 aliphatic heterocycles. The quantitative estimate of drug-likeness (QED) is 0.585. The molecular formula is C21H24ClN3O6S3. The number of amides is 3. The van der Waals surface area contributed by atoms with Gasteiger partial charge in [0.2, 0.25) is 5.91 Å². The highest BCUT2D eigenvalue weighted by molar-refractivity contribution is 7.91. The largest absolute Gasteiger partial charge is 0.453 e. The van der Waals surface area contributed by atoms with E-state index in [4.69, 9.17) is 11.6 Å². The molecule has 0 bridgehead atoms. The van der Waals surface area contributed by atoms with Crippen LogP contribution in [0, 0.1) is 0 Å². The van der Waals surface area contributed by atoms with E-state index in [9.17, 15) is 22.8 Å². The summed E-state index contributed by atoms with van der Waals surface area (Å²) in [6.45, 7) is 0.215. The van der Waals surface area contributed by atoms with Crippen molar-refractivity contribution in [1.29, 1.82) is 0 Å². The number of hydrogen-bond donors (Lipinski definition) is 2. The fraction of sp³-hybridized carbons (Fsp3) is 0.476. The van der Waals surface area contributed by atoms with Gasteiger partial charge in [0.05, 0.1) is 17.0 Å². The number of imide groups is 1. The minimum Gasteiger partial charge on any atom is -0.453 e. The minimum absolute atomic E-state index is 0.0851. The number of rotatable bonds is 5. The van der Waals surface area contributed by atoms with Gasteiger partial charge in [0.25, 0.3) is 15.9 Å². The summed E-state index contributed by atoms with van der Waals surface area (Å²) < 4.78 is 32.7. The first-order chi connectivity index (χ1) is 16.2. The Balaban J connectivity index is 1.63. The molecule has 1 fully saturated rings. The summed E-state index contributed by atoms with van der Waals surface area (Å²) in [5.74, 6) is -1.15. The zero-order valence-corrected chi connectivity index (χ0v) is 21.6. The van der Waals surface area contributed by atoms with E-state index in [0.29, 0.717) is 35.0 Å². The van der Waals surface area contributed by atoms with Crippen molar-refractivity contribution in [3.05, 3.63) is 32.5 Å². The molecule has 2 aromatic rings. The van der Waals surface area contributed by atoms with Gasteiger partial charge < -0.3 is 10.1 Å². The molecule has 1 saturated heterocycles. The Kier molecular flexibility index (Phi) is 7.63. The topological polar surface area (TPSA) is 122 Å². The fourth-order valence-corrected chi connectivity index (χ4v) is 8.86. The first-order valence-corrected chi connectivity index (χ1v) is 14.3. The van der Waals surface area contributed by atoms with Crippen molar-refractivity contribution in [1.82, 2.24) is 9.62 Å². The molecule has 4 rings (SSSR count). The fourth-order valence-electron chi connectivity index (χ4n) is 4.30. The van der Waals surface area contributed by atoms with E-state index in [2.05, 4.69) is 15.4 Å². The van der Waals surface area contributed by atoms with Gasteiger partial charge in [-0.2, -0.15) is 4.31 Å². The predicted molar refractivity (Wildman–Crippen MR) is 130 cm³/mol. The standard InChI is InChI=1S/C21H24ClN3O6S3/c1-31-21(28)24-19(27)17-12-6-2-3-8-14(12)32-20(17)23-18(26)13-7-4-5-11-25(13)34(29,30)16-10-9-15(22)33-16/h9-10,13H,2-8,11H2,1H3,(H,23,26)(H,24,27,28). The number of ether oxygens (including phenoxy) is 1. The molecule has 184 valence electrons. The van der Waals surface area contributed by atoms with Crippen LogP contribution in [-0.2, 0) is 32.4 Å². The van der Waals surface area contributed by atoms with Gasteiger partial charge in [-0.25, -0.2) is 13.2 Å². The number of nitrogens with one attached hydrogen (secondary N) is 2. The molecule has 1 atom stereocenters. The number of sulfonamides is 1. The van der Waals surface area contributed by atoms with Gasteiger partial charge in [0.15, 0.2) is 0 Å². The minimum atomic E-state index is -3.91. The van der Waals surface area contributed by atoms with Crippen LogP contribution in [0.25, 0.3) is 0 Å². The van der Waals surface area contributed by atoms with Crippen LogP contribution in [0.2, 0.25) is 4.34 Å². The van der Waals surface area contributed by atoms with Crippen LogP contribution < -0.4 is 10.6 Å². The Morgan fingerprint density at radius 2 is 1.88 bits per heavy atom. The van der Waals surface area contributed by atoms with Crippen molar-refractivity contribution < 1.29 is 27.5 Å². The molecule has 13 heteroatoms. The van der Waals surface area contributed by atoms with Crippen molar-refractivity contribution >= 4 is 67.2 Å². The number of halogens is 1. The van der Waals surface area contributed by atoms with Gasteiger partial charge in [-0.15, -0.1) is 22.7 Å². The molecule has 0 radical (unpaired) electrons. The molecule has 2 N–H and O–H groups in total. The first kappa shape index (κ1) is 25.1. The summed E-state index contributed by atoms with van der Waals surface area (Å²) >= 11 is 8.19. The van der Waals surface area contributed by atoms with Crippen molar-refractivity contribution in [3.8, 4) is 0 Å². The van der Waals surface area contributed by atoms with E-state index in [-0.39, 0.29) is 16.3 Å². The third-order valence-electron chi connectivity index (χ3n) is 5.90. The monoisotopic (exact) mass is 545 g/mol. The van der Waals surface area contributed by atoms with Crippen LogP contribution in [0.5, 0.6) is 0 Å². The Bertz CT molecular complexity index is 1220. The highest BCUT2D eigenvalue weighted by Crippen LogP contribution is 2.39. The van der Waals surface area contributed by atoms with Crippen LogP contribution in [0.15, 0.2) is 16.3 Å². The normalized spacial score (nSPS) is 18.7. The number of aryl methyl sites for hydroxylation is 1. The second-order valence-corrected chi connectivity index (χ2v) is 13.0. The predicted octanol–water partition coefficient (Wildman–Crippen LogP) is 4.02. The van der Waals surface area contributed by atoms with Gasteiger partial charge in [-0.1, -0.05) is 18.0 Å². The molecule has 1 unspecified atom stereocenters. The second-order valence-electron chi connectivity index (χ2n) is 8.04. The summed E-state index contributed by atoms with van der Waals surface area (Å²) in [5.41, 5.74) is 1.06. The first-order valence-electron chi connectivity index (χ1n) is 10.8. The second kappa shape index (κ2) is 10.3. The molecule has 2 aliphatic rings. The average molecular weight is 546 g/mol. The average Bonchev–Trinajstić information content (AvgIpc) is 3.42. The summed E-state index contributed by atoms with van der Waals surface area (Å²) in [7, 11) is -2.75. The number of nitrogens with zero attached hydrogens (tertiary/aromatic N) is 1. The maximum atomic E-state index is 13.4. The Morgan fingerprint density at radius 3 is 2.59 bits per heavy atom. The van der Waals surface area contributed by atoms with Crippen LogP contribution in [-0.4, -0.2) is 50.3 Å². The molecule has 3 heterocycles. The van der Waals surface area contributed by atoms with Crippen molar-refractivity contribution in [2.24, 2.45) is 0 Å². The van der Waals surface area contributed by atoms with E-state index >= 15 is 0 Å². The smallest absolute Gasteiger partial charge is 0.413 e. The van der Waals surface area contributed by atoms with Crippen LogP contribution in [0.3, 0.4) is 0 Å². The van der Waals surface area contributed by atoms with Gasteiger partial charge in [-0.3, -0.25) is 14.9 Å². The number of methoxy groups -OCH3 is 1. The lowest BCUT2D eigenvalue weighted by atomic mass is 9.95. The molecule has 0 saturated carbocycles. The van der Waals surface area contributed by atoms with Crippen LogP contribution in [0.1, 0.15) is 52.9 Å². The van der Waals surface area contributed by atoms with Crippen molar-refractivity contribution in [2.45, 2.75) is 55.2 Å². The van der Waals surface area contributed by atoms with Crippen LogP contribution >= 0.6 is 34.3 Å². The van der Waals surface area contributed by atoms with Gasteiger partial charge in [0.1, 0.15) is 15.3 Å². The number of alkyl carbamates (subject to hydrolysis) is 1. The van der Waals surface area contributed by atoms with Crippen LogP contribution in [0.4, 0.5) is 9.80 Å². The maximum absolute atomic E-state index is 13.4. The van der Waals surface area contributed by atoms with Crippen molar-refractivity contribution in [2.75, 3.05) is 19.0 Å². The van der Waals surface area contributed by atoms with Gasteiger partial charge in [-0.05, 0) is 56.2 Å². The summed E-state index contributed by atoms with van der Waals surface area (Å²) in [5, 5.41) is 5.30. The Hall–Kier alpha value is -1.99. The van der Waals surface area contributed by atoms with Crippen molar-refractivity contribution in [3.63, 3.8) is 0 Å². The van der Waals surface area contributed by atoms with E-state index < -0.39 is 34.0 Å². The van der Waals surface area contributed by atoms with E-state index in [1.807, 2.05) is 0 Å². The van der Waals surface area contributed by atoms with E-state index in [1.54, 1.807) is 0 Å². The SMILES string of the molecule is COC(=O)NC(=O)c1c(NC(=O)C2CCCCN2S(=O)(=O)c2ccc(Cl)s2)sc2c1CCCC2. The highest BCUT2D eigenvalue weighted by atomic mass is 35.5.